The summed E-state index contributed by atoms with van der Waals surface area (Å²) in [5.41, 5.74) is 0.989. The van der Waals surface area contributed by atoms with E-state index in [1.807, 2.05) is 11.8 Å². The van der Waals surface area contributed by atoms with Crippen molar-refractivity contribution in [3.8, 4) is 11.7 Å². The van der Waals surface area contributed by atoms with E-state index in [1.165, 1.54) is 6.26 Å². The second kappa shape index (κ2) is 6.62. The largest absolute Gasteiger partial charge is 0.459 e. The van der Waals surface area contributed by atoms with Gasteiger partial charge in [-0.15, -0.1) is 0 Å². The number of aryl methyl sites for hydroxylation is 1. The lowest BCUT2D eigenvalue weighted by atomic mass is 10.2. The summed E-state index contributed by atoms with van der Waals surface area (Å²) in [6.45, 7) is 4.70. The van der Waals surface area contributed by atoms with Crippen molar-refractivity contribution in [2.24, 2.45) is 0 Å². The number of hydrogen-bond donors (Lipinski definition) is 1. The molecule has 1 saturated heterocycles. The van der Waals surface area contributed by atoms with Gasteiger partial charge in [-0.05, 0) is 31.2 Å². The van der Waals surface area contributed by atoms with Crippen LogP contribution in [0, 0.1) is 6.92 Å². The van der Waals surface area contributed by atoms with Gasteiger partial charge < -0.3 is 19.1 Å². The van der Waals surface area contributed by atoms with Gasteiger partial charge in [0.1, 0.15) is 0 Å². The first-order valence-corrected chi connectivity index (χ1v) is 9.86. The molecule has 4 rings (SSSR count). The first-order chi connectivity index (χ1) is 12.6. The Bertz CT molecular complexity index is 986. The van der Waals surface area contributed by atoms with Crippen LogP contribution in [0.5, 0.6) is 0 Å². The number of sulfone groups is 1. The minimum absolute atomic E-state index is 0.0744. The fourth-order valence-electron chi connectivity index (χ4n) is 2.88. The molecule has 3 aromatic rings. The molecule has 8 heteroatoms. The zero-order valence-electron chi connectivity index (χ0n) is 14.3. The Hall–Kier alpha value is -2.58. The van der Waals surface area contributed by atoms with Crippen LogP contribution in [0.4, 0.5) is 5.88 Å². The first kappa shape index (κ1) is 16.9. The summed E-state index contributed by atoms with van der Waals surface area (Å²) in [4.78, 5) is 6.38. The van der Waals surface area contributed by atoms with Gasteiger partial charge in [-0.1, -0.05) is 17.7 Å². The van der Waals surface area contributed by atoms with Crippen molar-refractivity contribution in [1.82, 2.24) is 10.3 Å². The minimum atomic E-state index is -3.81. The van der Waals surface area contributed by atoms with Gasteiger partial charge in [0.2, 0.25) is 20.7 Å². The molecule has 7 nitrogen and oxygen atoms in total. The lowest BCUT2D eigenvalue weighted by Gasteiger charge is -2.27. The Balaban J connectivity index is 1.84. The maximum atomic E-state index is 13.2. The highest BCUT2D eigenvalue weighted by atomic mass is 32.2. The quantitative estimate of drug-likeness (QED) is 0.751. The van der Waals surface area contributed by atoms with Gasteiger partial charge in [0, 0.05) is 26.2 Å². The molecule has 0 spiro atoms. The van der Waals surface area contributed by atoms with Crippen molar-refractivity contribution in [1.29, 1.82) is 0 Å². The number of furan rings is 1. The van der Waals surface area contributed by atoms with Crippen molar-refractivity contribution < 1.29 is 17.3 Å². The monoisotopic (exact) mass is 373 g/mol. The van der Waals surface area contributed by atoms with Crippen LogP contribution in [0.1, 0.15) is 5.56 Å². The van der Waals surface area contributed by atoms with Crippen LogP contribution in [-0.4, -0.2) is 39.6 Å². The van der Waals surface area contributed by atoms with Gasteiger partial charge in [-0.25, -0.2) is 8.42 Å². The van der Waals surface area contributed by atoms with Crippen molar-refractivity contribution in [2.75, 3.05) is 31.1 Å². The van der Waals surface area contributed by atoms with Gasteiger partial charge in [0.25, 0.3) is 5.89 Å². The first-order valence-electron chi connectivity index (χ1n) is 8.38. The molecule has 1 aromatic carbocycles. The molecule has 0 aliphatic carbocycles. The zero-order valence-corrected chi connectivity index (χ0v) is 15.1. The maximum Gasteiger partial charge on any atom is 0.266 e. The van der Waals surface area contributed by atoms with E-state index in [0.717, 1.165) is 18.7 Å². The predicted molar refractivity (Wildman–Crippen MR) is 95.9 cm³/mol. The summed E-state index contributed by atoms with van der Waals surface area (Å²) in [6, 6.07) is 10.1. The third kappa shape index (κ3) is 3.02. The molecule has 1 N–H and O–H groups in total. The third-order valence-corrected chi connectivity index (χ3v) is 5.97. The number of benzene rings is 1. The molecule has 136 valence electrons. The number of hydrogen-bond acceptors (Lipinski definition) is 7. The molecule has 1 aliphatic heterocycles. The van der Waals surface area contributed by atoms with Crippen molar-refractivity contribution in [2.45, 2.75) is 16.8 Å². The molecule has 0 amide bonds. The fourth-order valence-corrected chi connectivity index (χ4v) is 4.20. The van der Waals surface area contributed by atoms with Crippen LogP contribution in [0.2, 0.25) is 0 Å². The third-order valence-electron chi connectivity index (χ3n) is 4.30. The number of oxazole rings is 1. The maximum absolute atomic E-state index is 13.2. The van der Waals surface area contributed by atoms with E-state index >= 15 is 0 Å². The molecule has 0 radical (unpaired) electrons. The zero-order chi connectivity index (χ0) is 18.1. The van der Waals surface area contributed by atoms with Crippen LogP contribution in [0.3, 0.4) is 0 Å². The summed E-state index contributed by atoms with van der Waals surface area (Å²) >= 11 is 0. The Kier molecular flexibility index (Phi) is 4.29. The Morgan fingerprint density at radius 2 is 1.85 bits per heavy atom. The number of anilines is 1. The lowest BCUT2D eigenvalue weighted by Crippen LogP contribution is -2.43. The van der Waals surface area contributed by atoms with Gasteiger partial charge in [-0.2, -0.15) is 4.98 Å². The molecular weight excluding hydrogens is 354 g/mol. The number of rotatable bonds is 4. The Labute approximate surface area is 151 Å². The molecule has 1 fully saturated rings. The highest BCUT2D eigenvalue weighted by Crippen LogP contribution is 2.35. The average Bonchev–Trinajstić information content (AvgIpc) is 3.33. The van der Waals surface area contributed by atoms with Crippen LogP contribution in [0.15, 0.2) is 61.4 Å². The second-order valence-electron chi connectivity index (χ2n) is 6.16. The smallest absolute Gasteiger partial charge is 0.266 e. The normalized spacial score (nSPS) is 15.3. The van der Waals surface area contributed by atoms with Gasteiger partial charge in [-0.3, -0.25) is 0 Å². The van der Waals surface area contributed by atoms with Gasteiger partial charge >= 0.3 is 0 Å². The summed E-state index contributed by atoms with van der Waals surface area (Å²) in [5.74, 6) is 0.819. The van der Waals surface area contributed by atoms with Gasteiger partial charge in [0.05, 0.1) is 11.2 Å². The van der Waals surface area contributed by atoms with E-state index in [9.17, 15) is 8.42 Å². The summed E-state index contributed by atoms with van der Waals surface area (Å²) in [7, 11) is -3.81. The van der Waals surface area contributed by atoms with Crippen molar-refractivity contribution >= 4 is 15.7 Å². The molecule has 2 aromatic heterocycles. The number of nitrogens with zero attached hydrogens (tertiary/aromatic N) is 2. The van der Waals surface area contributed by atoms with E-state index in [4.69, 9.17) is 8.83 Å². The molecule has 0 bridgehead atoms. The fraction of sp³-hybridized carbons (Fsp3) is 0.278. The van der Waals surface area contributed by atoms with E-state index in [1.54, 1.807) is 36.4 Å². The van der Waals surface area contributed by atoms with Crippen LogP contribution < -0.4 is 10.2 Å². The second-order valence-corrected chi connectivity index (χ2v) is 8.03. The van der Waals surface area contributed by atoms with Crippen LogP contribution in [0.25, 0.3) is 11.7 Å². The molecule has 1 aliphatic rings. The Morgan fingerprint density at radius 1 is 1.12 bits per heavy atom. The lowest BCUT2D eigenvalue weighted by molar-refractivity contribution is 0.488. The predicted octanol–water partition coefficient (Wildman–Crippen LogP) is 2.49. The van der Waals surface area contributed by atoms with E-state index < -0.39 is 9.84 Å². The number of aromatic nitrogens is 1. The highest BCUT2D eigenvalue weighted by molar-refractivity contribution is 7.91. The minimum Gasteiger partial charge on any atom is -0.459 e. The van der Waals surface area contributed by atoms with Crippen LogP contribution in [-0.2, 0) is 9.84 Å². The number of nitrogens with one attached hydrogen (secondary N) is 1. The SMILES string of the molecule is Cc1ccc(S(=O)(=O)c2nc(-c3ccco3)oc2N2CCNCC2)cc1. The standard InChI is InChI=1S/C18H19N3O4S/c1-13-4-6-14(7-5-13)26(22,23)17-18(21-10-8-19-9-11-21)25-16(20-17)15-3-2-12-24-15/h2-7,12,19H,8-11H2,1H3. The average molecular weight is 373 g/mol. The molecule has 3 heterocycles. The van der Waals surface area contributed by atoms with Crippen molar-refractivity contribution in [3.63, 3.8) is 0 Å². The molecule has 0 unspecified atom stereocenters. The van der Waals surface area contributed by atoms with E-state index in [-0.39, 0.29) is 21.7 Å². The topological polar surface area (TPSA) is 88.6 Å². The summed E-state index contributed by atoms with van der Waals surface area (Å²) < 4.78 is 37.6. The van der Waals surface area contributed by atoms with Gasteiger partial charge in [0.15, 0.2) is 5.76 Å². The summed E-state index contributed by atoms with van der Waals surface area (Å²) in [5, 5.41) is 3.17. The Morgan fingerprint density at radius 3 is 2.50 bits per heavy atom. The molecule has 26 heavy (non-hydrogen) atoms. The molecule has 0 saturated carbocycles. The molecular formula is C18H19N3O4S. The van der Waals surface area contributed by atoms with Crippen molar-refractivity contribution in [3.05, 3.63) is 48.2 Å². The summed E-state index contributed by atoms with van der Waals surface area (Å²) in [6.07, 6.45) is 1.50. The number of piperazine rings is 1. The van der Waals surface area contributed by atoms with Crippen LogP contribution >= 0.6 is 0 Å². The van der Waals surface area contributed by atoms with E-state index in [0.29, 0.717) is 18.8 Å². The highest BCUT2D eigenvalue weighted by Gasteiger charge is 2.32. The van der Waals surface area contributed by atoms with E-state index in [2.05, 4.69) is 10.3 Å². The molecule has 0 atom stereocenters.